The van der Waals surface area contributed by atoms with E-state index in [2.05, 4.69) is 4.98 Å². The summed E-state index contributed by atoms with van der Waals surface area (Å²) in [5.74, 6) is -1.31. The van der Waals surface area contributed by atoms with Gasteiger partial charge in [0.1, 0.15) is 0 Å². The lowest BCUT2D eigenvalue weighted by atomic mass is 10.2. The Morgan fingerprint density at radius 3 is 2.05 bits per heavy atom. The van der Waals surface area contributed by atoms with Crippen LogP contribution in [0.1, 0.15) is 12.5 Å². The van der Waals surface area contributed by atoms with E-state index in [9.17, 15) is 9.59 Å². The van der Waals surface area contributed by atoms with Crippen molar-refractivity contribution in [3.8, 4) is 0 Å². The third kappa shape index (κ3) is 5.42. The highest BCUT2D eigenvalue weighted by Gasteiger charge is 2.25. The summed E-state index contributed by atoms with van der Waals surface area (Å²) >= 11 is 0. The molecule has 0 saturated heterocycles. The zero-order valence-electron chi connectivity index (χ0n) is 12.8. The molecule has 0 aliphatic rings. The maximum atomic E-state index is 12.2. The fraction of sp³-hybridized carbons (Fsp3) is 0.533. The number of amides is 2. The van der Waals surface area contributed by atoms with Crippen LogP contribution in [-0.4, -0.2) is 76.2 Å². The van der Waals surface area contributed by atoms with Crippen LogP contribution >= 0.6 is 0 Å². The molecule has 1 heterocycles. The summed E-state index contributed by atoms with van der Waals surface area (Å²) in [5, 5.41) is 17.9. The SMILES string of the molecule is CCN(CCc1ccncc1)C(=O)C(=O)N(CCO)CCO. The van der Waals surface area contributed by atoms with Crippen LogP contribution in [0.25, 0.3) is 0 Å². The summed E-state index contributed by atoms with van der Waals surface area (Å²) in [6.45, 7) is 2.23. The Morgan fingerprint density at radius 2 is 1.55 bits per heavy atom. The molecule has 2 N–H and O–H groups in total. The molecule has 0 radical (unpaired) electrons. The van der Waals surface area contributed by atoms with E-state index in [-0.39, 0.29) is 26.3 Å². The third-order valence-electron chi connectivity index (χ3n) is 3.30. The Balaban J connectivity index is 2.63. The van der Waals surface area contributed by atoms with Gasteiger partial charge in [-0.1, -0.05) is 0 Å². The van der Waals surface area contributed by atoms with Gasteiger partial charge in [0.15, 0.2) is 0 Å². The van der Waals surface area contributed by atoms with Crippen molar-refractivity contribution >= 4 is 11.8 Å². The Morgan fingerprint density at radius 1 is 1.00 bits per heavy atom. The molecule has 0 saturated carbocycles. The lowest BCUT2D eigenvalue weighted by molar-refractivity contribution is -0.152. The van der Waals surface area contributed by atoms with Crippen LogP contribution in [0.15, 0.2) is 24.5 Å². The van der Waals surface area contributed by atoms with E-state index in [1.165, 1.54) is 4.90 Å². The maximum Gasteiger partial charge on any atom is 0.312 e. The monoisotopic (exact) mass is 309 g/mol. The molecule has 0 bridgehead atoms. The van der Waals surface area contributed by atoms with Crippen molar-refractivity contribution in [3.05, 3.63) is 30.1 Å². The molecule has 2 amide bonds. The van der Waals surface area contributed by atoms with Gasteiger partial charge in [-0.05, 0) is 31.0 Å². The number of nitrogens with zero attached hydrogens (tertiary/aromatic N) is 3. The fourth-order valence-electron chi connectivity index (χ4n) is 2.04. The van der Waals surface area contributed by atoms with Crippen molar-refractivity contribution < 1.29 is 19.8 Å². The Hall–Kier alpha value is -1.99. The first kappa shape index (κ1) is 18.1. The van der Waals surface area contributed by atoms with E-state index < -0.39 is 11.8 Å². The van der Waals surface area contributed by atoms with E-state index in [1.807, 2.05) is 12.1 Å². The third-order valence-corrected chi connectivity index (χ3v) is 3.30. The molecule has 22 heavy (non-hydrogen) atoms. The molecule has 7 nitrogen and oxygen atoms in total. The molecule has 0 unspecified atom stereocenters. The van der Waals surface area contributed by atoms with E-state index in [1.54, 1.807) is 19.3 Å². The summed E-state index contributed by atoms with van der Waals surface area (Å²) < 4.78 is 0. The molecule has 0 aliphatic heterocycles. The number of carbonyl (C=O) groups is 2. The number of pyridine rings is 1. The summed E-state index contributed by atoms with van der Waals surface area (Å²) in [6.07, 6.45) is 4.00. The Labute approximate surface area is 130 Å². The van der Waals surface area contributed by atoms with E-state index >= 15 is 0 Å². The summed E-state index contributed by atoms with van der Waals surface area (Å²) in [7, 11) is 0. The van der Waals surface area contributed by atoms with Crippen molar-refractivity contribution in [2.24, 2.45) is 0 Å². The second kappa shape index (κ2) is 9.86. The minimum Gasteiger partial charge on any atom is -0.395 e. The van der Waals surface area contributed by atoms with Gasteiger partial charge in [0.2, 0.25) is 0 Å². The average molecular weight is 309 g/mol. The fourth-order valence-corrected chi connectivity index (χ4v) is 2.04. The molecule has 0 atom stereocenters. The van der Waals surface area contributed by atoms with Crippen LogP contribution in [0.4, 0.5) is 0 Å². The molecule has 1 rings (SSSR count). The first-order valence-corrected chi connectivity index (χ1v) is 7.32. The zero-order chi connectivity index (χ0) is 16.4. The van der Waals surface area contributed by atoms with Gasteiger partial charge in [0.25, 0.3) is 0 Å². The van der Waals surface area contributed by atoms with Crippen LogP contribution in [0.3, 0.4) is 0 Å². The molecule has 0 aromatic carbocycles. The molecular formula is C15H23N3O4. The standard InChI is InChI=1S/C15H23N3O4/c1-2-17(8-5-13-3-6-16-7-4-13)14(21)15(22)18(9-11-19)10-12-20/h3-4,6-7,19-20H,2,5,8-12H2,1H3. The second-order valence-corrected chi connectivity index (χ2v) is 4.73. The van der Waals surface area contributed by atoms with Gasteiger partial charge in [-0.2, -0.15) is 0 Å². The number of aromatic nitrogens is 1. The van der Waals surface area contributed by atoms with E-state index in [4.69, 9.17) is 10.2 Å². The quantitative estimate of drug-likeness (QED) is 0.619. The van der Waals surface area contributed by atoms with Gasteiger partial charge in [0.05, 0.1) is 13.2 Å². The minimum atomic E-state index is -0.695. The maximum absolute atomic E-state index is 12.2. The molecule has 1 aromatic heterocycles. The highest BCUT2D eigenvalue weighted by molar-refractivity contribution is 6.34. The lowest BCUT2D eigenvalue weighted by Gasteiger charge is -2.25. The average Bonchev–Trinajstić information content (AvgIpc) is 2.55. The molecule has 0 aliphatic carbocycles. The van der Waals surface area contributed by atoms with Gasteiger partial charge >= 0.3 is 11.8 Å². The minimum absolute atomic E-state index is 0.0348. The largest absolute Gasteiger partial charge is 0.395 e. The first-order valence-electron chi connectivity index (χ1n) is 7.32. The van der Waals surface area contributed by atoms with Crippen molar-refractivity contribution in [1.82, 2.24) is 14.8 Å². The highest BCUT2D eigenvalue weighted by atomic mass is 16.3. The topological polar surface area (TPSA) is 94.0 Å². The molecule has 0 fully saturated rings. The van der Waals surface area contributed by atoms with Gasteiger partial charge in [-0.3, -0.25) is 14.6 Å². The predicted molar refractivity (Wildman–Crippen MR) is 80.9 cm³/mol. The smallest absolute Gasteiger partial charge is 0.312 e. The number of likely N-dealkylation sites (N-methyl/N-ethyl adjacent to an activating group) is 1. The second-order valence-electron chi connectivity index (χ2n) is 4.73. The van der Waals surface area contributed by atoms with Crippen molar-refractivity contribution in [2.75, 3.05) is 39.4 Å². The predicted octanol–water partition coefficient (Wildman–Crippen LogP) is -0.714. The first-order chi connectivity index (χ1) is 10.6. The van der Waals surface area contributed by atoms with Crippen LogP contribution in [-0.2, 0) is 16.0 Å². The van der Waals surface area contributed by atoms with Crippen LogP contribution in [0.5, 0.6) is 0 Å². The summed E-state index contributed by atoms with van der Waals surface area (Å²) in [6, 6.07) is 3.73. The molecule has 122 valence electrons. The normalized spacial score (nSPS) is 10.3. The molecule has 0 spiro atoms. The zero-order valence-corrected chi connectivity index (χ0v) is 12.8. The number of aliphatic hydroxyl groups excluding tert-OH is 2. The van der Waals surface area contributed by atoms with Gasteiger partial charge in [0, 0.05) is 38.6 Å². The molecule has 1 aromatic rings. The van der Waals surface area contributed by atoms with Crippen LogP contribution in [0, 0.1) is 0 Å². The van der Waals surface area contributed by atoms with E-state index in [0.29, 0.717) is 19.5 Å². The number of rotatable bonds is 8. The highest BCUT2D eigenvalue weighted by Crippen LogP contribution is 2.02. The van der Waals surface area contributed by atoms with Gasteiger partial charge < -0.3 is 20.0 Å². The number of aliphatic hydroxyl groups is 2. The number of carbonyl (C=O) groups excluding carboxylic acids is 2. The van der Waals surface area contributed by atoms with Gasteiger partial charge in [-0.15, -0.1) is 0 Å². The van der Waals surface area contributed by atoms with Crippen molar-refractivity contribution in [1.29, 1.82) is 0 Å². The molecular weight excluding hydrogens is 286 g/mol. The molecule has 7 heteroatoms. The van der Waals surface area contributed by atoms with Crippen molar-refractivity contribution in [2.45, 2.75) is 13.3 Å². The summed E-state index contributed by atoms with van der Waals surface area (Å²) in [5.41, 5.74) is 1.04. The van der Waals surface area contributed by atoms with Crippen LogP contribution in [0.2, 0.25) is 0 Å². The Bertz CT molecular complexity index is 461. The van der Waals surface area contributed by atoms with E-state index in [0.717, 1.165) is 10.5 Å². The Kier molecular flexibility index (Phi) is 8.09. The van der Waals surface area contributed by atoms with Gasteiger partial charge in [-0.25, -0.2) is 0 Å². The van der Waals surface area contributed by atoms with Crippen molar-refractivity contribution in [3.63, 3.8) is 0 Å². The number of hydrogen-bond acceptors (Lipinski definition) is 5. The summed E-state index contributed by atoms with van der Waals surface area (Å²) in [4.78, 5) is 30.9. The van der Waals surface area contributed by atoms with Crippen LogP contribution < -0.4 is 0 Å². The lowest BCUT2D eigenvalue weighted by Crippen LogP contribution is -2.47. The number of hydrogen-bond donors (Lipinski definition) is 2.